The summed E-state index contributed by atoms with van der Waals surface area (Å²) in [4.78, 5) is 17.2. The first-order valence-electron chi connectivity index (χ1n) is 11.4. The second kappa shape index (κ2) is 9.91. The fourth-order valence-electron chi connectivity index (χ4n) is 4.47. The van der Waals surface area contributed by atoms with Crippen LogP contribution in [-0.4, -0.2) is 41.7 Å². The van der Waals surface area contributed by atoms with Crippen molar-refractivity contribution in [3.8, 4) is 17.2 Å². The minimum absolute atomic E-state index is 0.0317. The Kier molecular flexibility index (Phi) is 6.95. The molecule has 2 heterocycles. The lowest BCUT2D eigenvalue weighted by atomic mass is 9.87. The Morgan fingerprint density at radius 1 is 1.15 bits per heavy atom. The van der Waals surface area contributed by atoms with Gasteiger partial charge in [-0.1, -0.05) is 43.7 Å². The van der Waals surface area contributed by atoms with E-state index in [0.717, 1.165) is 27.5 Å². The molecule has 1 amide bonds. The van der Waals surface area contributed by atoms with Gasteiger partial charge in [-0.05, 0) is 42.7 Å². The Morgan fingerprint density at radius 3 is 2.62 bits per heavy atom. The molecule has 0 bridgehead atoms. The molecule has 1 aliphatic heterocycles. The number of nitrogens with zero attached hydrogens (tertiary/aromatic N) is 2. The highest BCUT2D eigenvalue weighted by Crippen LogP contribution is 2.37. The quantitative estimate of drug-likeness (QED) is 0.437. The van der Waals surface area contributed by atoms with E-state index in [4.69, 9.17) is 9.15 Å². The molecule has 1 aromatic heterocycles. The molecular formula is C26H27F3N2O3. The number of hydrogen-bond acceptors (Lipinski definition) is 4. The van der Waals surface area contributed by atoms with Gasteiger partial charge in [-0.3, -0.25) is 4.79 Å². The summed E-state index contributed by atoms with van der Waals surface area (Å²) in [6.45, 7) is 4.35. The number of carbonyl (C=O) groups excluding carboxylic acids is 1. The van der Waals surface area contributed by atoms with E-state index in [-0.39, 0.29) is 24.9 Å². The van der Waals surface area contributed by atoms with Crippen LogP contribution >= 0.6 is 0 Å². The number of carbonyl (C=O) groups is 1. The lowest BCUT2D eigenvalue weighted by Crippen LogP contribution is -2.39. The number of aryl methyl sites for hydroxylation is 1. The van der Waals surface area contributed by atoms with Crippen LogP contribution in [-0.2, 0) is 11.2 Å². The van der Waals surface area contributed by atoms with Crippen LogP contribution in [0.1, 0.15) is 36.3 Å². The summed E-state index contributed by atoms with van der Waals surface area (Å²) in [6, 6.07) is 17.1. The minimum atomic E-state index is -4.85. The van der Waals surface area contributed by atoms with Crippen LogP contribution in [0.15, 0.2) is 59.0 Å². The molecule has 3 aromatic rings. The van der Waals surface area contributed by atoms with Gasteiger partial charge in [0, 0.05) is 31.0 Å². The largest absolute Gasteiger partial charge is 0.493 e. The first kappa shape index (κ1) is 23.9. The highest BCUT2D eigenvalue weighted by molar-refractivity contribution is 5.82. The van der Waals surface area contributed by atoms with Crippen LogP contribution in [0.25, 0.3) is 11.5 Å². The fraction of sp³-hybridized carbons (Fsp3) is 0.385. The molecule has 2 atom stereocenters. The Bertz CT molecular complexity index is 1130. The summed E-state index contributed by atoms with van der Waals surface area (Å²) in [5.74, 6) is -0.0137. The van der Waals surface area contributed by atoms with E-state index in [1.54, 1.807) is 0 Å². The summed E-state index contributed by atoms with van der Waals surface area (Å²) >= 11 is 0. The van der Waals surface area contributed by atoms with Crippen molar-refractivity contribution in [3.05, 3.63) is 71.6 Å². The molecule has 34 heavy (non-hydrogen) atoms. The molecule has 0 saturated carbocycles. The van der Waals surface area contributed by atoms with E-state index in [9.17, 15) is 18.0 Å². The fourth-order valence-corrected chi connectivity index (χ4v) is 4.47. The number of ether oxygens (including phenoxy) is 1. The van der Waals surface area contributed by atoms with E-state index in [1.165, 1.54) is 0 Å². The number of amides is 1. The molecule has 1 saturated heterocycles. The zero-order valence-electron chi connectivity index (χ0n) is 19.1. The maximum Gasteiger partial charge on any atom is 0.471 e. The molecule has 0 radical (unpaired) electrons. The highest BCUT2D eigenvalue weighted by atomic mass is 19.4. The predicted octanol–water partition coefficient (Wildman–Crippen LogP) is 5.79. The lowest BCUT2D eigenvalue weighted by Gasteiger charge is -2.18. The van der Waals surface area contributed by atoms with Crippen molar-refractivity contribution in [1.82, 2.24) is 9.88 Å². The number of benzene rings is 2. The lowest BCUT2D eigenvalue weighted by molar-refractivity contribution is -0.184. The molecule has 4 rings (SSSR count). The maximum absolute atomic E-state index is 12.9. The second-order valence-electron chi connectivity index (χ2n) is 8.54. The van der Waals surface area contributed by atoms with Gasteiger partial charge in [-0.15, -0.1) is 0 Å². The van der Waals surface area contributed by atoms with Gasteiger partial charge in [-0.2, -0.15) is 13.2 Å². The van der Waals surface area contributed by atoms with Crippen molar-refractivity contribution in [3.63, 3.8) is 0 Å². The Balaban J connectivity index is 1.40. The van der Waals surface area contributed by atoms with Crippen molar-refractivity contribution in [1.29, 1.82) is 0 Å². The van der Waals surface area contributed by atoms with E-state index >= 15 is 0 Å². The average Bonchev–Trinajstić information content (AvgIpc) is 3.42. The van der Waals surface area contributed by atoms with Gasteiger partial charge < -0.3 is 14.1 Å². The highest BCUT2D eigenvalue weighted by Gasteiger charge is 2.46. The van der Waals surface area contributed by atoms with E-state index in [0.29, 0.717) is 31.1 Å². The maximum atomic E-state index is 12.9. The van der Waals surface area contributed by atoms with Crippen molar-refractivity contribution in [2.24, 2.45) is 5.92 Å². The minimum Gasteiger partial charge on any atom is -0.493 e. The van der Waals surface area contributed by atoms with Crippen molar-refractivity contribution in [2.75, 3.05) is 19.7 Å². The summed E-state index contributed by atoms with van der Waals surface area (Å²) < 4.78 is 50.4. The zero-order chi connectivity index (χ0) is 24.3. The summed E-state index contributed by atoms with van der Waals surface area (Å²) in [7, 11) is 0. The topological polar surface area (TPSA) is 55.6 Å². The molecule has 0 unspecified atom stereocenters. The van der Waals surface area contributed by atoms with Crippen LogP contribution in [0.4, 0.5) is 13.2 Å². The molecule has 0 N–H and O–H groups in total. The van der Waals surface area contributed by atoms with Gasteiger partial charge in [0.05, 0.1) is 12.3 Å². The smallest absolute Gasteiger partial charge is 0.471 e. The Labute approximate surface area is 196 Å². The predicted molar refractivity (Wildman–Crippen MR) is 121 cm³/mol. The number of aromatic nitrogens is 1. The van der Waals surface area contributed by atoms with Gasteiger partial charge in [0.1, 0.15) is 11.5 Å². The molecule has 5 nitrogen and oxygen atoms in total. The van der Waals surface area contributed by atoms with Crippen LogP contribution < -0.4 is 4.74 Å². The Hall–Kier alpha value is -3.29. The second-order valence-corrected chi connectivity index (χ2v) is 8.54. The zero-order valence-corrected chi connectivity index (χ0v) is 19.1. The van der Waals surface area contributed by atoms with Gasteiger partial charge in [0.25, 0.3) is 0 Å². The number of halogens is 3. The first-order chi connectivity index (χ1) is 16.3. The number of oxazole rings is 1. The number of rotatable bonds is 7. The molecule has 0 aliphatic carbocycles. The Morgan fingerprint density at radius 2 is 1.91 bits per heavy atom. The van der Waals surface area contributed by atoms with E-state index in [1.807, 2.05) is 68.4 Å². The number of alkyl halides is 3. The molecule has 1 fully saturated rings. The number of likely N-dealkylation sites (tertiary alicyclic amines) is 1. The number of hydrogen-bond donors (Lipinski definition) is 0. The van der Waals surface area contributed by atoms with Gasteiger partial charge in [-0.25, -0.2) is 4.98 Å². The van der Waals surface area contributed by atoms with Crippen LogP contribution in [0, 0.1) is 12.8 Å². The third-order valence-electron chi connectivity index (χ3n) is 6.30. The molecule has 1 aliphatic rings. The van der Waals surface area contributed by atoms with Gasteiger partial charge in [0.2, 0.25) is 5.89 Å². The molecule has 8 heteroatoms. The van der Waals surface area contributed by atoms with E-state index in [2.05, 4.69) is 4.98 Å². The normalized spacial score (nSPS) is 18.3. The third-order valence-corrected chi connectivity index (χ3v) is 6.30. The molecular weight excluding hydrogens is 445 g/mol. The van der Waals surface area contributed by atoms with Crippen LogP contribution in [0.2, 0.25) is 0 Å². The standard InChI is InChI=1S/C26H27F3N2O3/c1-3-18-15-31(25(32)26(27,28)29)16-22(18)20-10-7-11-21(14-20)33-13-12-23-17(2)34-24(30-23)19-8-5-4-6-9-19/h4-11,14,18,22H,3,12-13,15-16H2,1-2H3/t18-,22-/m1/s1. The van der Waals surface area contributed by atoms with E-state index < -0.39 is 12.1 Å². The van der Waals surface area contributed by atoms with Crippen molar-refractivity contribution < 1.29 is 27.1 Å². The third kappa shape index (κ3) is 5.26. The SMILES string of the molecule is CC[C@@H]1CN(C(=O)C(F)(F)F)C[C@H]1c1cccc(OCCc2nc(-c3ccccc3)oc2C)c1. The molecule has 180 valence electrons. The summed E-state index contributed by atoms with van der Waals surface area (Å²) in [6.07, 6.45) is -3.61. The summed E-state index contributed by atoms with van der Waals surface area (Å²) in [5.41, 5.74) is 2.61. The monoisotopic (exact) mass is 472 g/mol. The van der Waals surface area contributed by atoms with Gasteiger partial charge >= 0.3 is 12.1 Å². The summed E-state index contributed by atoms with van der Waals surface area (Å²) in [5, 5.41) is 0. The van der Waals surface area contributed by atoms with Crippen molar-refractivity contribution >= 4 is 5.91 Å². The molecule has 0 spiro atoms. The average molecular weight is 473 g/mol. The van der Waals surface area contributed by atoms with Crippen LogP contribution in [0.5, 0.6) is 5.75 Å². The first-order valence-corrected chi connectivity index (χ1v) is 11.4. The van der Waals surface area contributed by atoms with Crippen molar-refractivity contribution in [2.45, 2.75) is 38.8 Å². The van der Waals surface area contributed by atoms with Gasteiger partial charge in [0.15, 0.2) is 0 Å². The van der Waals surface area contributed by atoms with Crippen LogP contribution in [0.3, 0.4) is 0 Å². The molecule has 2 aromatic carbocycles.